The first-order chi connectivity index (χ1) is 31.2. The number of rotatable bonds is 13. The quantitative estimate of drug-likeness (QED) is 0.0785. The Hall–Kier alpha value is -5.86. The van der Waals surface area contributed by atoms with Crippen LogP contribution >= 0.6 is 0 Å². The van der Waals surface area contributed by atoms with Gasteiger partial charge in [0.2, 0.25) is 0 Å². The van der Waals surface area contributed by atoms with Gasteiger partial charge in [-0.3, -0.25) is 0 Å². The summed E-state index contributed by atoms with van der Waals surface area (Å²) < 4.78 is 1.48. The fourth-order valence-electron chi connectivity index (χ4n) is 6.62. The van der Waals surface area contributed by atoms with Gasteiger partial charge in [0, 0.05) is 0 Å². The van der Waals surface area contributed by atoms with Crippen LogP contribution in [0.15, 0.2) is 140 Å². The van der Waals surface area contributed by atoms with Crippen LogP contribution in [0.3, 0.4) is 0 Å². The minimum atomic E-state index is -1.79. The van der Waals surface area contributed by atoms with E-state index in [1.54, 1.807) is 36.4 Å². The Bertz CT molecular complexity index is 2570. The first kappa shape index (κ1) is 53.8. The molecular weight excluding hydrogens is 937 g/mol. The Labute approximate surface area is 404 Å². The molecular formula is C57H68GeO6Si3. The van der Waals surface area contributed by atoms with E-state index >= 15 is 0 Å². The SMILES string of the molecule is C[Si](C)(C)c1cc(C=Cc2ccc(C(=O)O)cc2)cc([Si](C)(C)C)c1.C[Si](C)(C)c1cccc(C=Cc2ccc(C(=O)O)cc2)c1.[CH3][Ge]([CH3])([CH3])[c]1cccc(C=Cc2ccc(C(=O)O)cc2)c1. The number of hydrogen-bond donors (Lipinski definition) is 3. The summed E-state index contributed by atoms with van der Waals surface area (Å²) >= 11 is -1.79. The summed E-state index contributed by atoms with van der Waals surface area (Å²) in [4.78, 5) is 32.6. The Kier molecular flexibility index (Phi) is 18.6. The second-order valence-electron chi connectivity index (χ2n) is 20.9. The van der Waals surface area contributed by atoms with Gasteiger partial charge in [-0.2, -0.15) is 0 Å². The normalized spacial score (nSPS) is 12.1. The fourth-order valence-corrected chi connectivity index (χ4v) is 12.8. The van der Waals surface area contributed by atoms with Gasteiger partial charge in [0.15, 0.2) is 0 Å². The summed E-state index contributed by atoms with van der Waals surface area (Å²) in [5, 5.41) is 31.2. The molecule has 0 amide bonds. The Balaban J connectivity index is 0.000000221. The van der Waals surface area contributed by atoms with Gasteiger partial charge in [0.1, 0.15) is 0 Å². The zero-order chi connectivity index (χ0) is 49.7. The molecule has 6 rings (SSSR count). The summed E-state index contributed by atoms with van der Waals surface area (Å²) in [6, 6.07) is 45.2. The van der Waals surface area contributed by atoms with Crippen molar-refractivity contribution in [1.82, 2.24) is 0 Å². The maximum atomic E-state index is 10.9. The molecule has 6 nitrogen and oxygen atoms in total. The summed E-state index contributed by atoms with van der Waals surface area (Å²) in [7, 11) is -4.05. The molecule has 0 spiro atoms. The third-order valence-electron chi connectivity index (χ3n) is 11.1. The van der Waals surface area contributed by atoms with Crippen LogP contribution in [0.5, 0.6) is 0 Å². The molecule has 0 aliphatic heterocycles. The van der Waals surface area contributed by atoms with E-state index < -0.39 is 55.4 Å². The molecule has 6 aromatic carbocycles. The standard InChI is InChI=1S/C21H28O2Si2.C18H20GeO2.C18H20O2Si/c1-24(2,3)19-13-17(14-20(15-19)25(4,5)6)8-7-16-9-11-18(12-10-16)21(22)23;1-19(2,3)17-6-4-5-15(13-17)8-7-14-9-11-16(12-10-14)18(20)21;1-21(2,3)17-6-4-5-15(13-17)8-7-14-9-11-16(12-10-14)18(19)20/h7-15H,1-6H3,(H,22,23);4-13H,1-3H3,(H,20,21);4-13H,1-3H3,(H,19,20). The van der Waals surface area contributed by atoms with Crippen molar-refractivity contribution in [3.63, 3.8) is 0 Å². The van der Waals surface area contributed by atoms with Crippen molar-refractivity contribution in [2.24, 2.45) is 0 Å². The molecule has 0 saturated heterocycles. The van der Waals surface area contributed by atoms with Gasteiger partial charge in [0.25, 0.3) is 0 Å². The van der Waals surface area contributed by atoms with Crippen molar-refractivity contribution >= 4 is 112 Å². The molecule has 0 bridgehead atoms. The zero-order valence-electron chi connectivity index (χ0n) is 41.3. The van der Waals surface area contributed by atoms with Crippen molar-refractivity contribution < 1.29 is 29.7 Å². The van der Waals surface area contributed by atoms with Gasteiger partial charge >= 0.3 is 140 Å². The Morgan fingerprint density at radius 1 is 0.358 bits per heavy atom. The van der Waals surface area contributed by atoms with Crippen molar-refractivity contribution in [3.05, 3.63) is 190 Å². The number of carboxylic acid groups (broad SMARTS) is 3. The molecule has 3 N–H and O–H groups in total. The van der Waals surface area contributed by atoms with Crippen molar-refractivity contribution in [2.45, 2.75) is 76.2 Å². The van der Waals surface area contributed by atoms with Crippen molar-refractivity contribution in [2.75, 3.05) is 0 Å². The second kappa shape index (κ2) is 23.2. The summed E-state index contributed by atoms with van der Waals surface area (Å²) in [6.07, 6.45) is 12.4. The Morgan fingerprint density at radius 3 is 0.985 bits per heavy atom. The fraction of sp³-hybridized carbons (Fsp3) is 0.211. The molecule has 67 heavy (non-hydrogen) atoms. The van der Waals surface area contributed by atoms with Crippen LogP contribution in [0.4, 0.5) is 0 Å². The van der Waals surface area contributed by atoms with Crippen LogP contribution in [-0.2, 0) is 0 Å². The van der Waals surface area contributed by atoms with Crippen LogP contribution in [0.25, 0.3) is 36.5 Å². The maximum absolute atomic E-state index is 10.9. The second-order valence-corrected chi connectivity index (χ2v) is 46.8. The van der Waals surface area contributed by atoms with Crippen LogP contribution < -0.4 is 20.0 Å². The van der Waals surface area contributed by atoms with Crippen LogP contribution in [0, 0.1) is 0 Å². The molecule has 0 atom stereocenters. The molecule has 0 aromatic heterocycles. The zero-order valence-corrected chi connectivity index (χ0v) is 46.4. The van der Waals surface area contributed by atoms with Gasteiger partial charge in [0.05, 0.1) is 35.3 Å². The topological polar surface area (TPSA) is 112 Å². The van der Waals surface area contributed by atoms with Crippen LogP contribution in [0.2, 0.25) is 76.2 Å². The van der Waals surface area contributed by atoms with Crippen LogP contribution in [-0.4, -0.2) is 70.7 Å². The van der Waals surface area contributed by atoms with E-state index in [2.05, 4.69) is 167 Å². The molecule has 0 fully saturated rings. The number of hydrogen-bond acceptors (Lipinski definition) is 3. The summed E-state index contributed by atoms with van der Waals surface area (Å²) in [6.45, 7) is 21.3. The molecule has 10 heteroatoms. The Morgan fingerprint density at radius 2 is 0.657 bits per heavy atom. The van der Waals surface area contributed by atoms with E-state index in [0.717, 1.165) is 16.7 Å². The average Bonchev–Trinajstić information content (AvgIpc) is 3.26. The van der Waals surface area contributed by atoms with Gasteiger partial charge in [-0.25, -0.2) is 9.59 Å². The van der Waals surface area contributed by atoms with Gasteiger partial charge < -0.3 is 10.2 Å². The summed E-state index contributed by atoms with van der Waals surface area (Å²) in [5.41, 5.74) is 7.56. The van der Waals surface area contributed by atoms with E-state index in [1.807, 2.05) is 48.6 Å². The monoisotopic (exact) mass is 1010 g/mol. The minimum absolute atomic E-state index is 0.313. The first-order valence-electron chi connectivity index (χ1n) is 22.6. The molecule has 0 aliphatic rings. The van der Waals surface area contributed by atoms with E-state index in [9.17, 15) is 14.4 Å². The number of carbonyl (C=O) groups is 3. The van der Waals surface area contributed by atoms with E-state index in [4.69, 9.17) is 15.3 Å². The molecule has 0 heterocycles. The molecule has 0 radical (unpaired) electrons. The molecule has 348 valence electrons. The molecule has 0 aliphatic carbocycles. The predicted molar refractivity (Wildman–Crippen MR) is 298 cm³/mol. The van der Waals surface area contributed by atoms with Gasteiger partial charge in [-0.15, -0.1) is 0 Å². The number of benzene rings is 6. The average molecular weight is 1010 g/mol. The predicted octanol–water partition coefficient (Wildman–Crippen LogP) is 12.8. The third kappa shape index (κ3) is 17.7. The molecule has 0 saturated carbocycles. The van der Waals surface area contributed by atoms with E-state index in [0.29, 0.717) is 16.7 Å². The van der Waals surface area contributed by atoms with E-state index in [-0.39, 0.29) is 0 Å². The molecule has 6 aromatic rings. The van der Waals surface area contributed by atoms with Crippen LogP contribution in [0.1, 0.15) is 64.5 Å². The van der Waals surface area contributed by atoms with Crippen molar-refractivity contribution in [1.29, 1.82) is 0 Å². The number of carboxylic acids is 3. The first-order valence-corrected chi connectivity index (χ1v) is 40.4. The van der Waals surface area contributed by atoms with Gasteiger partial charge in [-0.05, 0) is 46.5 Å². The van der Waals surface area contributed by atoms with Crippen molar-refractivity contribution in [3.8, 4) is 0 Å². The third-order valence-corrected chi connectivity index (χ3v) is 21.4. The molecule has 0 unspecified atom stereocenters. The number of aromatic carboxylic acids is 3. The van der Waals surface area contributed by atoms with E-state index in [1.165, 1.54) is 36.6 Å². The summed E-state index contributed by atoms with van der Waals surface area (Å²) in [5.74, 6) is 4.47. The van der Waals surface area contributed by atoms with Gasteiger partial charge in [-0.1, -0.05) is 166 Å².